The van der Waals surface area contributed by atoms with Crippen LogP contribution in [0.1, 0.15) is 36.2 Å². The molecule has 3 N–H and O–H groups in total. The highest BCUT2D eigenvalue weighted by atomic mass is 16.2. The van der Waals surface area contributed by atoms with E-state index in [-0.39, 0.29) is 18.0 Å². The molecule has 0 bridgehead atoms. The minimum Gasteiger partial charge on any atom is -0.346 e. The highest BCUT2D eigenvalue weighted by molar-refractivity contribution is 6.04. The molecule has 1 amide bonds. The Morgan fingerprint density at radius 2 is 2.10 bits per heavy atom. The van der Waals surface area contributed by atoms with Crippen LogP contribution in [-0.2, 0) is 7.05 Å². The molecule has 1 aromatic carbocycles. The Bertz CT molecular complexity index is 634. The Hall–Kier alpha value is -1.88. The molecule has 1 heterocycles. The van der Waals surface area contributed by atoms with Crippen molar-refractivity contribution in [3.63, 3.8) is 0 Å². The normalized spacial score (nSPS) is 22.9. The minimum atomic E-state index is -0.121. The zero-order chi connectivity index (χ0) is 14.1. The monoisotopic (exact) mass is 272 g/mol. The summed E-state index contributed by atoms with van der Waals surface area (Å²) >= 11 is 0. The van der Waals surface area contributed by atoms with Crippen LogP contribution in [-0.4, -0.2) is 27.8 Å². The van der Waals surface area contributed by atoms with E-state index in [4.69, 9.17) is 5.73 Å². The van der Waals surface area contributed by atoms with Crippen LogP contribution >= 0.6 is 0 Å². The number of hydrogen-bond donors (Lipinski definition) is 2. The number of benzene rings is 1. The van der Waals surface area contributed by atoms with Gasteiger partial charge in [-0.25, -0.2) is 0 Å². The number of nitrogens with one attached hydrogen (secondary N) is 1. The molecule has 3 rings (SSSR count). The molecule has 0 aliphatic heterocycles. The first-order valence-electron chi connectivity index (χ1n) is 7.15. The van der Waals surface area contributed by atoms with E-state index in [0.29, 0.717) is 5.69 Å². The highest BCUT2D eigenvalue weighted by Gasteiger charge is 2.25. The van der Waals surface area contributed by atoms with Gasteiger partial charge in [-0.1, -0.05) is 31.0 Å². The lowest BCUT2D eigenvalue weighted by atomic mass is 9.91. The smallest absolute Gasteiger partial charge is 0.272 e. The van der Waals surface area contributed by atoms with E-state index >= 15 is 0 Å². The maximum atomic E-state index is 12.4. The highest BCUT2D eigenvalue weighted by Crippen LogP contribution is 2.20. The third-order valence-electron chi connectivity index (χ3n) is 4.11. The Morgan fingerprint density at radius 3 is 2.90 bits per heavy atom. The van der Waals surface area contributed by atoms with Crippen LogP contribution in [0.4, 0.5) is 0 Å². The summed E-state index contributed by atoms with van der Waals surface area (Å²) in [6.45, 7) is 0. The van der Waals surface area contributed by atoms with Crippen LogP contribution in [0.15, 0.2) is 24.3 Å². The molecule has 5 heteroatoms. The van der Waals surface area contributed by atoms with Gasteiger partial charge in [0, 0.05) is 24.5 Å². The molecule has 2 atom stereocenters. The van der Waals surface area contributed by atoms with Crippen LogP contribution in [0.25, 0.3) is 10.9 Å². The maximum absolute atomic E-state index is 12.4. The van der Waals surface area contributed by atoms with Gasteiger partial charge in [-0.15, -0.1) is 0 Å². The second-order valence-electron chi connectivity index (χ2n) is 5.52. The van der Waals surface area contributed by atoms with Crippen LogP contribution in [0.2, 0.25) is 0 Å². The molecule has 5 nitrogen and oxygen atoms in total. The molecule has 20 heavy (non-hydrogen) atoms. The number of carbonyl (C=O) groups is 1. The molecule has 106 valence electrons. The number of rotatable bonds is 2. The van der Waals surface area contributed by atoms with Gasteiger partial charge in [0.2, 0.25) is 0 Å². The Kier molecular flexibility index (Phi) is 3.44. The van der Waals surface area contributed by atoms with E-state index in [1.54, 1.807) is 4.68 Å². The number of amides is 1. The molecule has 0 spiro atoms. The number of nitrogens with zero attached hydrogens (tertiary/aromatic N) is 2. The van der Waals surface area contributed by atoms with Crippen molar-refractivity contribution in [2.45, 2.75) is 37.8 Å². The topological polar surface area (TPSA) is 72.9 Å². The molecule has 2 unspecified atom stereocenters. The number of nitrogens with two attached hydrogens (primary N) is 1. The zero-order valence-corrected chi connectivity index (χ0v) is 11.7. The molecular formula is C15H20N4O. The van der Waals surface area contributed by atoms with E-state index in [1.807, 2.05) is 31.3 Å². The van der Waals surface area contributed by atoms with E-state index in [1.165, 1.54) is 0 Å². The van der Waals surface area contributed by atoms with Gasteiger partial charge in [0.1, 0.15) is 0 Å². The lowest BCUT2D eigenvalue weighted by molar-refractivity contribution is 0.0917. The third-order valence-corrected chi connectivity index (χ3v) is 4.11. The van der Waals surface area contributed by atoms with Crippen LogP contribution in [0.3, 0.4) is 0 Å². The summed E-state index contributed by atoms with van der Waals surface area (Å²) in [4.78, 5) is 12.4. The number of aryl methyl sites for hydroxylation is 1. The summed E-state index contributed by atoms with van der Waals surface area (Å²) in [7, 11) is 1.85. The number of carbonyl (C=O) groups excluding carboxylic acids is 1. The van der Waals surface area contributed by atoms with E-state index in [0.717, 1.165) is 36.6 Å². The average Bonchev–Trinajstić information content (AvgIpc) is 2.79. The number of para-hydroxylation sites is 1. The fraction of sp³-hybridized carbons (Fsp3) is 0.467. The minimum absolute atomic E-state index is 0.0580. The van der Waals surface area contributed by atoms with E-state index in [9.17, 15) is 4.79 Å². The van der Waals surface area contributed by atoms with Crippen molar-refractivity contribution in [2.75, 3.05) is 0 Å². The van der Waals surface area contributed by atoms with Gasteiger partial charge < -0.3 is 11.1 Å². The fourth-order valence-electron chi connectivity index (χ4n) is 2.96. The van der Waals surface area contributed by atoms with Gasteiger partial charge in [-0.05, 0) is 18.9 Å². The molecule has 1 aliphatic rings. The summed E-state index contributed by atoms with van der Waals surface area (Å²) in [6.07, 6.45) is 4.22. The summed E-state index contributed by atoms with van der Waals surface area (Å²) < 4.78 is 1.74. The molecule has 1 aromatic heterocycles. The summed E-state index contributed by atoms with van der Waals surface area (Å²) in [5, 5.41) is 8.28. The lowest BCUT2D eigenvalue weighted by Gasteiger charge is -2.29. The van der Waals surface area contributed by atoms with E-state index in [2.05, 4.69) is 10.4 Å². The van der Waals surface area contributed by atoms with E-state index < -0.39 is 0 Å². The van der Waals surface area contributed by atoms with Crippen molar-refractivity contribution < 1.29 is 4.79 Å². The second kappa shape index (κ2) is 5.25. The number of aromatic nitrogens is 2. The van der Waals surface area contributed by atoms with Crippen molar-refractivity contribution in [2.24, 2.45) is 12.8 Å². The molecule has 0 radical (unpaired) electrons. The first-order valence-corrected chi connectivity index (χ1v) is 7.15. The van der Waals surface area contributed by atoms with Crippen LogP contribution in [0.5, 0.6) is 0 Å². The quantitative estimate of drug-likeness (QED) is 0.871. The van der Waals surface area contributed by atoms with Gasteiger partial charge in [-0.3, -0.25) is 9.48 Å². The van der Waals surface area contributed by atoms with Crippen molar-refractivity contribution in [3.05, 3.63) is 30.0 Å². The Morgan fingerprint density at radius 1 is 1.35 bits per heavy atom. The Labute approximate surface area is 118 Å². The Balaban J connectivity index is 1.85. The first-order chi connectivity index (χ1) is 9.66. The average molecular weight is 272 g/mol. The van der Waals surface area contributed by atoms with Gasteiger partial charge in [-0.2, -0.15) is 5.10 Å². The SMILES string of the molecule is Cn1nc(C(=O)NC2CCCCC2N)c2ccccc21. The lowest BCUT2D eigenvalue weighted by Crippen LogP contribution is -2.49. The van der Waals surface area contributed by atoms with Gasteiger partial charge in [0.15, 0.2) is 5.69 Å². The number of hydrogen-bond acceptors (Lipinski definition) is 3. The van der Waals surface area contributed by atoms with Gasteiger partial charge in [0.25, 0.3) is 5.91 Å². The summed E-state index contributed by atoms with van der Waals surface area (Å²) in [5.41, 5.74) is 7.53. The largest absolute Gasteiger partial charge is 0.346 e. The van der Waals surface area contributed by atoms with Crippen molar-refractivity contribution >= 4 is 16.8 Å². The number of fused-ring (bicyclic) bond motifs is 1. The molecular weight excluding hydrogens is 252 g/mol. The predicted octanol–water partition coefficient (Wildman–Crippen LogP) is 1.57. The van der Waals surface area contributed by atoms with Crippen molar-refractivity contribution in [1.29, 1.82) is 0 Å². The molecule has 1 fully saturated rings. The standard InChI is InChI=1S/C15H20N4O/c1-19-13-9-5-2-6-10(13)14(18-19)15(20)17-12-8-4-3-7-11(12)16/h2,5-6,9,11-12H,3-4,7-8,16H2,1H3,(H,17,20). The van der Waals surface area contributed by atoms with Crippen LogP contribution in [0, 0.1) is 0 Å². The fourth-order valence-corrected chi connectivity index (χ4v) is 2.96. The summed E-state index contributed by atoms with van der Waals surface area (Å²) in [5.74, 6) is -0.121. The zero-order valence-electron chi connectivity index (χ0n) is 11.7. The van der Waals surface area contributed by atoms with Crippen molar-refractivity contribution in [3.8, 4) is 0 Å². The van der Waals surface area contributed by atoms with Gasteiger partial charge >= 0.3 is 0 Å². The summed E-state index contributed by atoms with van der Waals surface area (Å²) in [6, 6.07) is 7.89. The predicted molar refractivity (Wildman–Crippen MR) is 78.4 cm³/mol. The first kappa shape index (κ1) is 13.1. The molecule has 1 aliphatic carbocycles. The van der Waals surface area contributed by atoms with Crippen molar-refractivity contribution in [1.82, 2.24) is 15.1 Å². The molecule has 1 saturated carbocycles. The third kappa shape index (κ3) is 2.29. The molecule has 0 saturated heterocycles. The second-order valence-corrected chi connectivity index (χ2v) is 5.52. The maximum Gasteiger partial charge on any atom is 0.272 e. The molecule has 2 aromatic rings. The van der Waals surface area contributed by atoms with Gasteiger partial charge in [0.05, 0.1) is 5.52 Å². The van der Waals surface area contributed by atoms with Crippen LogP contribution < -0.4 is 11.1 Å².